The number of hydrogen-bond donors (Lipinski definition) is 1. The van der Waals surface area contributed by atoms with Crippen LogP contribution in [0.2, 0.25) is 0 Å². The van der Waals surface area contributed by atoms with E-state index in [9.17, 15) is 29.8 Å². The van der Waals surface area contributed by atoms with Crippen LogP contribution in [0.4, 0.5) is 14.5 Å². The summed E-state index contributed by atoms with van der Waals surface area (Å²) in [6.07, 6.45) is 49.1. The summed E-state index contributed by atoms with van der Waals surface area (Å²) >= 11 is 0. The summed E-state index contributed by atoms with van der Waals surface area (Å²) in [4.78, 5) is 24.0. The molecule has 0 atom stereocenters. The first kappa shape index (κ1) is 90.1. The first-order valence-corrected chi connectivity index (χ1v) is 48.6. The number of pyridine rings is 4. The van der Waals surface area contributed by atoms with Gasteiger partial charge in [-0.25, -0.2) is 8.78 Å². The molecular formula is C116H108F2N20. The first-order valence-electron chi connectivity index (χ1n) is 48.6. The molecule has 22 heteroatoms. The number of hydrogen-bond acceptors (Lipinski definition) is 13. The highest BCUT2D eigenvalue weighted by molar-refractivity contribution is 6.07. The Balaban J connectivity index is 0.000000113. The Morgan fingerprint density at radius 2 is 0.659 bits per heavy atom. The Bertz CT molecular complexity index is 7970. The van der Waals surface area contributed by atoms with E-state index in [1.54, 1.807) is 25.4 Å². The van der Waals surface area contributed by atoms with E-state index in [1.807, 2.05) is 156 Å². The second-order valence-electron chi connectivity index (χ2n) is 37.7. The fourth-order valence-electron chi connectivity index (χ4n) is 21.8. The normalized spacial score (nSPS) is 14.5. The number of nitrogens with zero attached hydrogens (tertiary/aromatic N) is 19. The highest BCUT2D eigenvalue weighted by atomic mass is 19.1. The van der Waals surface area contributed by atoms with Crippen LogP contribution in [0.1, 0.15) is 157 Å². The van der Waals surface area contributed by atoms with Crippen LogP contribution in [0.3, 0.4) is 0 Å². The summed E-state index contributed by atoms with van der Waals surface area (Å²) in [7, 11) is 5.63. The zero-order valence-corrected chi connectivity index (χ0v) is 78.4. The number of halogens is 2. The van der Waals surface area contributed by atoms with Gasteiger partial charge in [-0.15, -0.1) is 0 Å². The Hall–Kier alpha value is -15.8. The number of benzene rings is 8. The lowest BCUT2D eigenvalue weighted by Gasteiger charge is -2.22. The van der Waals surface area contributed by atoms with Crippen molar-refractivity contribution in [3.63, 3.8) is 0 Å². The van der Waals surface area contributed by atoms with Crippen LogP contribution in [0.25, 0.3) is 166 Å². The molecule has 0 amide bonds. The number of nitrogen functional groups attached to an aromatic ring is 1. The van der Waals surface area contributed by atoms with Gasteiger partial charge in [-0.2, -0.15) is 36.3 Å². The lowest BCUT2D eigenvalue weighted by molar-refractivity contribution is 0.322. The topological polar surface area (TPSA) is 258 Å². The van der Waals surface area contributed by atoms with E-state index >= 15 is 0 Å². The number of rotatable bonds is 18. The first-order chi connectivity index (χ1) is 67.7. The van der Waals surface area contributed by atoms with Crippen molar-refractivity contribution >= 4 is 88.2 Å². The molecule has 11 aromatic heterocycles. The quantitative estimate of drug-likeness (QED) is 0.0478. The predicted octanol–water partition coefficient (Wildman–Crippen LogP) is 27.0. The van der Waals surface area contributed by atoms with E-state index in [1.165, 1.54) is 162 Å². The standard InChI is InChI=1S/C30H29N5.C29H26FN5.C29H27N5.C28H26FN5/c1-34-27-13-12-24(16-25(27)18-33-34)30-29(23-10-8-21(17-31)9-11-23)26-14-15-35(28(26)19-32-30)20-22-6-4-2-3-5-7-22;1-2-35-26-10-9-21(13-23(26)16-33-35)29-28(20-7-8-22(15-31)25(30)14-20)24-11-12-34(27(24)17-32-29)18-19-5-3-4-6-19;1-33-26-12-11-23(15-24(26)17-32-33)29-28(22-9-7-20(16-30)8-10-22)25-13-14-34(27(25)18-31-29)19-21-5-3-2-4-6-21;1-32-15-22-12-20(8-9-25(22)31)28-27(19-6-7-21(14-30)24(29)13-19)23-10-11-34(26(23)16-33-28)17-18-4-2-3-5-18/h8-16,18-19,22H,2-7,20H2,1H3;7-14,16-17,19H,2-6,18H2,1H3;7-15,17-18,21H,2-6,19H2,1H3;6-13,15-16,18H,2-5,17,31H2,1H3. The van der Waals surface area contributed by atoms with Gasteiger partial charge < -0.3 is 24.0 Å². The van der Waals surface area contributed by atoms with Crippen molar-refractivity contribution in [3.8, 4) is 114 Å². The third kappa shape index (κ3) is 18.3. The minimum absolute atomic E-state index is 0.0261. The summed E-state index contributed by atoms with van der Waals surface area (Å²) in [6, 6.07) is 67.1. The van der Waals surface area contributed by atoms with Crippen molar-refractivity contribution < 1.29 is 8.78 Å². The van der Waals surface area contributed by atoms with Gasteiger partial charge in [0.05, 0.1) is 139 Å². The molecule has 0 unspecified atom stereocenters. The summed E-state index contributed by atoms with van der Waals surface area (Å²) in [5.41, 5.74) is 31.6. The van der Waals surface area contributed by atoms with E-state index in [4.69, 9.17) is 25.7 Å². The molecule has 8 aromatic carbocycles. The van der Waals surface area contributed by atoms with Gasteiger partial charge in [0, 0.05) is 178 Å². The van der Waals surface area contributed by atoms with Crippen LogP contribution in [0, 0.1) is 80.6 Å². The van der Waals surface area contributed by atoms with Gasteiger partial charge in [-0.05, 0) is 226 Å². The van der Waals surface area contributed by atoms with Crippen LogP contribution in [0.5, 0.6) is 0 Å². The van der Waals surface area contributed by atoms with Crippen molar-refractivity contribution in [3.05, 3.63) is 290 Å². The number of aromatic nitrogens is 14. The van der Waals surface area contributed by atoms with Crippen molar-refractivity contribution in [2.75, 3.05) is 12.8 Å². The smallest absolute Gasteiger partial charge is 0.141 e. The number of anilines is 1. The SMILES string of the molecule is CCn1ncc2cc(-c3ncc4c(ccn4CC4CCCC4)c3-c3ccc(C#N)c(F)c3)ccc21.CN=Cc1cc(-c2ncc3c(ccn3CC3CCCC3)c2-c2ccc(C#N)c(F)c2)ccc1N.Cn1ncc2cc(-c3ncc4c(ccn4CC4CCCCC4)c3-c3ccc(C#N)cc3)ccc21.Cn1ncc2cc(-c3ncc4c(ccn4CC4CCCCCC4)c3-c3ccc(C#N)cc3)ccc21. The Kier molecular flexibility index (Phi) is 26.1. The Morgan fingerprint density at radius 3 is 1.01 bits per heavy atom. The van der Waals surface area contributed by atoms with Crippen LogP contribution in [-0.2, 0) is 46.8 Å². The van der Waals surface area contributed by atoms with Gasteiger partial charge in [0.1, 0.15) is 23.8 Å². The van der Waals surface area contributed by atoms with Crippen LogP contribution in [-0.4, -0.2) is 80.8 Å². The van der Waals surface area contributed by atoms with Crippen LogP contribution in [0.15, 0.2) is 255 Å². The van der Waals surface area contributed by atoms with E-state index in [-0.39, 0.29) is 11.1 Å². The molecule has 11 heterocycles. The third-order valence-electron chi connectivity index (χ3n) is 29.0. The molecule has 4 aliphatic carbocycles. The van der Waals surface area contributed by atoms with E-state index in [0.29, 0.717) is 34.2 Å². The minimum Gasteiger partial charge on any atom is -0.398 e. The fraction of sp³-hybridized carbons (Fsp3) is 0.276. The lowest BCUT2D eigenvalue weighted by atomic mass is 9.89. The van der Waals surface area contributed by atoms with Gasteiger partial charge in [-0.3, -0.25) is 39.0 Å². The molecule has 19 aromatic rings. The summed E-state index contributed by atoms with van der Waals surface area (Å²) in [5, 5.41) is 58.0. The Morgan fingerprint density at radius 1 is 0.348 bits per heavy atom. The third-order valence-corrected chi connectivity index (χ3v) is 29.0. The monoisotopic (exact) mass is 1820 g/mol. The molecule has 0 aliphatic heterocycles. The number of fused-ring (bicyclic) bond motifs is 7. The van der Waals surface area contributed by atoms with Crippen LogP contribution >= 0.6 is 0 Å². The summed E-state index contributed by atoms with van der Waals surface area (Å²) in [5.74, 6) is 1.80. The molecule has 138 heavy (non-hydrogen) atoms. The van der Waals surface area contributed by atoms with E-state index in [2.05, 4.69) is 161 Å². The molecule has 20 nitrogen and oxygen atoms in total. The van der Waals surface area contributed by atoms with Gasteiger partial charge in [-0.1, -0.05) is 131 Å². The second kappa shape index (κ2) is 40.0. The molecule has 0 bridgehead atoms. The Labute approximate surface area is 801 Å². The average Bonchev–Trinajstić information content (AvgIpc) is 1.58. The number of nitriles is 4. The zero-order valence-electron chi connectivity index (χ0n) is 78.4. The summed E-state index contributed by atoms with van der Waals surface area (Å²) in [6.45, 7) is 6.93. The predicted molar refractivity (Wildman–Crippen MR) is 548 cm³/mol. The van der Waals surface area contributed by atoms with Crippen molar-refractivity contribution in [2.24, 2.45) is 42.8 Å². The number of aryl methyl sites for hydroxylation is 3. The molecule has 4 aliphatic rings. The van der Waals surface area contributed by atoms with Gasteiger partial charge in [0.25, 0.3) is 0 Å². The molecule has 0 radical (unpaired) electrons. The molecular weight excluding hydrogens is 1710 g/mol. The second-order valence-corrected chi connectivity index (χ2v) is 37.7. The molecule has 23 rings (SSSR count). The van der Waals surface area contributed by atoms with Crippen LogP contribution < -0.4 is 5.73 Å². The minimum atomic E-state index is -0.538. The molecule has 4 fully saturated rings. The molecule has 2 N–H and O–H groups in total. The molecule has 686 valence electrons. The highest BCUT2D eigenvalue weighted by Crippen LogP contribution is 2.46. The average molecular weight is 1820 g/mol. The lowest BCUT2D eigenvalue weighted by Crippen LogP contribution is -2.13. The van der Waals surface area contributed by atoms with Gasteiger partial charge in [0.2, 0.25) is 0 Å². The fourth-order valence-corrected chi connectivity index (χ4v) is 21.8. The maximum absolute atomic E-state index is 14.7. The molecule has 0 saturated heterocycles. The summed E-state index contributed by atoms with van der Waals surface area (Å²) < 4.78 is 44.5. The molecule has 0 spiro atoms. The number of aliphatic imine (C=N–C) groups is 1. The molecule has 4 saturated carbocycles. The zero-order chi connectivity index (χ0) is 94.4. The van der Waals surface area contributed by atoms with Crippen molar-refractivity contribution in [2.45, 2.75) is 162 Å². The van der Waals surface area contributed by atoms with Gasteiger partial charge >= 0.3 is 0 Å². The highest BCUT2D eigenvalue weighted by Gasteiger charge is 2.28. The van der Waals surface area contributed by atoms with E-state index < -0.39 is 11.6 Å². The van der Waals surface area contributed by atoms with E-state index in [0.717, 1.165) is 189 Å². The number of nitrogens with two attached hydrogens (primary N) is 1. The maximum Gasteiger partial charge on any atom is 0.141 e. The van der Waals surface area contributed by atoms with Gasteiger partial charge in [0.15, 0.2) is 0 Å². The maximum atomic E-state index is 14.7. The van der Waals surface area contributed by atoms with Crippen molar-refractivity contribution in [1.29, 1.82) is 21.0 Å². The van der Waals surface area contributed by atoms with Crippen molar-refractivity contribution in [1.82, 2.24) is 67.5 Å². The largest absolute Gasteiger partial charge is 0.398 e.